The lowest BCUT2D eigenvalue weighted by atomic mass is 9.80. The van der Waals surface area contributed by atoms with Gasteiger partial charge in [0.1, 0.15) is 6.54 Å². The zero-order chi connectivity index (χ0) is 19.0. The van der Waals surface area contributed by atoms with E-state index in [0.717, 1.165) is 16.7 Å². The van der Waals surface area contributed by atoms with Gasteiger partial charge in [-0.15, -0.1) is 0 Å². The molecule has 6 heteroatoms. The molecule has 0 saturated heterocycles. The second-order valence-electron chi connectivity index (χ2n) is 5.80. The minimum Gasteiger partial charge on any atom is -0.273 e. The molecule has 1 N–H and O–H groups in total. The molecule has 1 amide bonds. The van der Waals surface area contributed by atoms with E-state index in [2.05, 4.69) is 15.5 Å². The Bertz CT molecular complexity index is 828. The highest BCUT2D eigenvalue weighted by molar-refractivity contribution is 5.77. The minimum absolute atomic E-state index is 0.342. The molecule has 0 unspecified atom stereocenters. The molecule has 3 aromatic carbocycles. The molecule has 0 atom stereocenters. The summed E-state index contributed by atoms with van der Waals surface area (Å²) in [6.45, 7) is -0.342. The van der Waals surface area contributed by atoms with Crippen LogP contribution in [0, 0.1) is 0 Å². The van der Waals surface area contributed by atoms with E-state index >= 15 is 0 Å². The molecule has 27 heavy (non-hydrogen) atoms. The van der Waals surface area contributed by atoms with Crippen molar-refractivity contribution in [3.8, 4) is 0 Å². The number of hydrogen-bond acceptors (Lipinski definition) is 3. The maximum absolute atomic E-state index is 12.0. The lowest BCUT2D eigenvalue weighted by molar-refractivity contribution is -0.142. The Balaban J connectivity index is 2.14. The SMILES string of the molecule is [N-]=[N+]=NCC(=O)NOC(c1ccccc1)(c1ccccc1)c1ccccc1. The van der Waals surface area contributed by atoms with Crippen molar-refractivity contribution < 1.29 is 9.63 Å². The van der Waals surface area contributed by atoms with Gasteiger partial charge in [0.25, 0.3) is 0 Å². The third-order valence-corrected chi connectivity index (χ3v) is 4.14. The monoisotopic (exact) mass is 358 g/mol. The maximum Gasteiger partial charge on any atom is 0.249 e. The first-order valence-electron chi connectivity index (χ1n) is 8.41. The van der Waals surface area contributed by atoms with Crippen LogP contribution in [0.25, 0.3) is 10.4 Å². The standard InChI is InChI=1S/C21H18N4O2/c22-25-23-16-20(26)24-27-21(17-10-4-1-5-11-17,18-12-6-2-7-13-18)19-14-8-3-9-15-19/h1-15H,16H2,(H,24,26). The molecular formula is C21H18N4O2. The zero-order valence-electron chi connectivity index (χ0n) is 14.5. The molecule has 0 heterocycles. The number of carbonyl (C=O) groups is 1. The molecule has 6 nitrogen and oxygen atoms in total. The predicted octanol–water partition coefficient (Wildman–Crippen LogP) is 4.34. The van der Waals surface area contributed by atoms with Crippen LogP contribution in [0.4, 0.5) is 0 Å². The van der Waals surface area contributed by atoms with E-state index in [9.17, 15) is 4.79 Å². The van der Waals surface area contributed by atoms with Crippen LogP contribution in [0.2, 0.25) is 0 Å². The molecule has 134 valence electrons. The van der Waals surface area contributed by atoms with Gasteiger partial charge in [0.05, 0.1) is 0 Å². The second kappa shape index (κ2) is 8.67. The van der Waals surface area contributed by atoms with Crippen LogP contribution in [0.15, 0.2) is 96.1 Å². The molecule has 0 saturated carbocycles. The molecule has 0 aromatic heterocycles. The molecule has 0 aliphatic rings. The Kier molecular flexibility index (Phi) is 5.84. The van der Waals surface area contributed by atoms with Crippen LogP contribution in [-0.4, -0.2) is 12.5 Å². The van der Waals surface area contributed by atoms with E-state index in [1.807, 2.05) is 91.0 Å². The van der Waals surface area contributed by atoms with E-state index in [1.165, 1.54) is 0 Å². The second-order valence-corrected chi connectivity index (χ2v) is 5.80. The summed E-state index contributed by atoms with van der Waals surface area (Å²) < 4.78 is 0. The summed E-state index contributed by atoms with van der Waals surface area (Å²) in [5, 5.41) is 3.28. The van der Waals surface area contributed by atoms with Gasteiger partial charge in [0, 0.05) is 4.91 Å². The number of hydrogen-bond donors (Lipinski definition) is 1. The summed E-state index contributed by atoms with van der Waals surface area (Å²) in [5.74, 6) is -0.528. The highest BCUT2D eigenvalue weighted by Crippen LogP contribution is 2.39. The topological polar surface area (TPSA) is 87.1 Å². The Morgan fingerprint density at radius 1 is 0.852 bits per heavy atom. The van der Waals surface area contributed by atoms with Crippen LogP contribution in [0.1, 0.15) is 16.7 Å². The van der Waals surface area contributed by atoms with Crippen molar-refractivity contribution >= 4 is 5.91 Å². The van der Waals surface area contributed by atoms with Crippen LogP contribution >= 0.6 is 0 Å². The summed E-state index contributed by atoms with van der Waals surface area (Å²) >= 11 is 0. The summed E-state index contributed by atoms with van der Waals surface area (Å²) in [6, 6.07) is 28.9. The number of hydroxylamine groups is 1. The van der Waals surface area contributed by atoms with E-state index in [4.69, 9.17) is 10.4 Å². The van der Waals surface area contributed by atoms with Crippen LogP contribution < -0.4 is 5.48 Å². The normalized spacial score (nSPS) is 10.7. The maximum atomic E-state index is 12.0. The summed E-state index contributed by atoms with van der Waals surface area (Å²) in [7, 11) is 0. The number of nitrogens with zero attached hydrogens (tertiary/aromatic N) is 3. The molecule has 3 rings (SSSR count). The molecule has 0 fully saturated rings. The number of nitrogens with one attached hydrogen (secondary N) is 1. The molecule has 0 bridgehead atoms. The lowest BCUT2D eigenvalue weighted by Crippen LogP contribution is -2.41. The Labute approximate surface area is 157 Å². The van der Waals surface area contributed by atoms with Crippen LogP contribution in [0.3, 0.4) is 0 Å². The number of carbonyl (C=O) groups excluding carboxylic acids is 1. The average molecular weight is 358 g/mol. The Morgan fingerprint density at radius 3 is 1.63 bits per heavy atom. The van der Waals surface area contributed by atoms with Gasteiger partial charge in [0.15, 0.2) is 5.60 Å². The first-order chi connectivity index (χ1) is 13.3. The van der Waals surface area contributed by atoms with Gasteiger partial charge < -0.3 is 0 Å². The fourth-order valence-corrected chi connectivity index (χ4v) is 2.96. The highest BCUT2D eigenvalue weighted by atomic mass is 16.7. The minimum atomic E-state index is -1.06. The number of azide groups is 1. The summed E-state index contributed by atoms with van der Waals surface area (Å²) in [4.78, 5) is 20.7. The summed E-state index contributed by atoms with van der Waals surface area (Å²) in [5.41, 5.74) is 12.4. The lowest BCUT2D eigenvalue weighted by Gasteiger charge is -2.34. The zero-order valence-corrected chi connectivity index (χ0v) is 14.5. The van der Waals surface area contributed by atoms with Crippen molar-refractivity contribution in [3.63, 3.8) is 0 Å². The van der Waals surface area contributed by atoms with Crippen molar-refractivity contribution in [3.05, 3.63) is 118 Å². The van der Waals surface area contributed by atoms with Crippen LogP contribution in [0.5, 0.6) is 0 Å². The molecule has 0 aliphatic carbocycles. The van der Waals surface area contributed by atoms with Gasteiger partial charge in [-0.3, -0.25) is 9.63 Å². The van der Waals surface area contributed by atoms with Gasteiger partial charge in [0.2, 0.25) is 5.91 Å². The third kappa shape index (κ3) is 3.98. The molecule has 0 spiro atoms. The van der Waals surface area contributed by atoms with Crippen molar-refractivity contribution in [1.29, 1.82) is 0 Å². The average Bonchev–Trinajstić information content (AvgIpc) is 2.75. The first-order valence-corrected chi connectivity index (χ1v) is 8.41. The Hall–Kier alpha value is -3.60. The van der Waals surface area contributed by atoms with E-state index in [0.29, 0.717) is 0 Å². The Morgan fingerprint density at radius 2 is 1.26 bits per heavy atom. The van der Waals surface area contributed by atoms with Gasteiger partial charge in [-0.1, -0.05) is 96.1 Å². The van der Waals surface area contributed by atoms with Crippen molar-refractivity contribution in [1.82, 2.24) is 5.48 Å². The highest BCUT2D eigenvalue weighted by Gasteiger charge is 2.38. The van der Waals surface area contributed by atoms with E-state index < -0.39 is 11.5 Å². The van der Waals surface area contributed by atoms with E-state index in [1.54, 1.807) is 0 Å². The fraction of sp³-hybridized carbons (Fsp3) is 0.0952. The van der Waals surface area contributed by atoms with E-state index in [-0.39, 0.29) is 6.54 Å². The van der Waals surface area contributed by atoms with Crippen LogP contribution in [-0.2, 0) is 15.2 Å². The molecule has 3 aromatic rings. The number of benzene rings is 3. The van der Waals surface area contributed by atoms with Crippen molar-refractivity contribution in [2.75, 3.05) is 6.54 Å². The van der Waals surface area contributed by atoms with Crippen molar-refractivity contribution in [2.24, 2.45) is 5.11 Å². The number of rotatable bonds is 7. The predicted molar refractivity (Wildman–Crippen MR) is 102 cm³/mol. The third-order valence-electron chi connectivity index (χ3n) is 4.14. The van der Waals surface area contributed by atoms with Gasteiger partial charge in [-0.25, -0.2) is 5.48 Å². The van der Waals surface area contributed by atoms with Gasteiger partial charge in [-0.05, 0) is 22.2 Å². The summed E-state index contributed by atoms with van der Waals surface area (Å²) in [6.07, 6.45) is 0. The molecule has 0 radical (unpaired) electrons. The van der Waals surface area contributed by atoms with Crippen molar-refractivity contribution in [2.45, 2.75) is 5.60 Å². The van der Waals surface area contributed by atoms with Gasteiger partial charge >= 0.3 is 0 Å². The fourth-order valence-electron chi connectivity index (χ4n) is 2.96. The molecule has 0 aliphatic heterocycles. The van der Waals surface area contributed by atoms with Gasteiger partial charge in [-0.2, -0.15) is 0 Å². The quantitative estimate of drug-likeness (QED) is 0.224. The largest absolute Gasteiger partial charge is 0.273 e. The number of amides is 1. The first kappa shape index (κ1) is 18.2. The molecular weight excluding hydrogens is 340 g/mol. The smallest absolute Gasteiger partial charge is 0.249 e.